The maximum atomic E-state index is 11.5. The average molecular weight is 338 g/mol. The number of benzene rings is 2. The Labute approximate surface area is 148 Å². The van der Waals surface area contributed by atoms with E-state index in [1.54, 1.807) is 31.2 Å². The zero-order valence-corrected chi connectivity index (χ0v) is 14.4. The normalized spacial score (nSPS) is 15.5. The Morgan fingerprint density at radius 3 is 2.56 bits per heavy atom. The van der Waals surface area contributed by atoms with Crippen LogP contribution in [0.3, 0.4) is 0 Å². The molecule has 0 fully saturated rings. The van der Waals surface area contributed by atoms with Crippen molar-refractivity contribution in [2.24, 2.45) is 0 Å². The standard InChI is InChI=1S/C21H22O4/c1-15(2)21(22)25-18-10-8-17(9-11-18)23-13-14-24-20-12-7-16-5-3-4-6-19(16)20/h3-6,8-11,20H,1,7,12-14H2,2H3. The second kappa shape index (κ2) is 7.99. The molecule has 1 aliphatic rings. The van der Waals surface area contributed by atoms with Crippen molar-refractivity contribution in [3.8, 4) is 11.5 Å². The summed E-state index contributed by atoms with van der Waals surface area (Å²) in [5.41, 5.74) is 3.05. The Balaban J connectivity index is 1.42. The van der Waals surface area contributed by atoms with Gasteiger partial charge in [0, 0.05) is 5.57 Å². The molecule has 3 rings (SSSR count). The van der Waals surface area contributed by atoms with E-state index < -0.39 is 5.97 Å². The molecular formula is C21H22O4. The fourth-order valence-electron chi connectivity index (χ4n) is 2.84. The number of hydrogen-bond acceptors (Lipinski definition) is 4. The van der Waals surface area contributed by atoms with Gasteiger partial charge in [0.2, 0.25) is 0 Å². The fraction of sp³-hybridized carbons (Fsp3) is 0.286. The predicted octanol–water partition coefficient (Wildman–Crippen LogP) is 4.25. The molecule has 0 saturated carbocycles. The third-order valence-electron chi connectivity index (χ3n) is 4.13. The quantitative estimate of drug-likeness (QED) is 0.328. The van der Waals surface area contributed by atoms with Gasteiger partial charge in [0.1, 0.15) is 18.1 Å². The van der Waals surface area contributed by atoms with Crippen LogP contribution in [0, 0.1) is 0 Å². The Morgan fingerprint density at radius 1 is 1.08 bits per heavy atom. The summed E-state index contributed by atoms with van der Waals surface area (Å²) in [4.78, 5) is 11.5. The molecular weight excluding hydrogens is 316 g/mol. The molecule has 0 aliphatic heterocycles. The lowest BCUT2D eigenvalue weighted by Gasteiger charge is -2.14. The van der Waals surface area contributed by atoms with E-state index in [2.05, 4.69) is 30.8 Å². The minimum Gasteiger partial charge on any atom is -0.491 e. The van der Waals surface area contributed by atoms with Crippen molar-refractivity contribution in [2.75, 3.05) is 13.2 Å². The van der Waals surface area contributed by atoms with Gasteiger partial charge in [0.25, 0.3) is 0 Å². The minimum absolute atomic E-state index is 0.170. The molecule has 2 aromatic rings. The van der Waals surface area contributed by atoms with Crippen molar-refractivity contribution in [1.29, 1.82) is 0 Å². The van der Waals surface area contributed by atoms with Crippen LogP contribution in [0.25, 0.3) is 0 Å². The number of fused-ring (bicyclic) bond motifs is 1. The van der Waals surface area contributed by atoms with Crippen molar-refractivity contribution >= 4 is 5.97 Å². The van der Waals surface area contributed by atoms with Crippen molar-refractivity contribution in [3.63, 3.8) is 0 Å². The first-order chi connectivity index (χ1) is 12.1. The first-order valence-electron chi connectivity index (χ1n) is 8.43. The summed E-state index contributed by atoms with van der Waals surface area (Å²) in [6.45, 7) is 6.17. The molecule has 0 radical (unpaired) electrons. The first-order valence-corrected chi connectivity index (χ1v) is 8.43. The van der Waals surface area contributed by atoms with Crippen LogP contribution < -0.4 is 9.47 Å². The molecule has 0 amide bonds. The van der Waals surface area contributed by atoms with Gasteiger partial charge in [-0.3, -0.25) is 0 Å². The Kier molecular flexibility index (Phi) is 5.51. The highest BCUT2D eigenvalue weighted by atomic mass is 16.5. The van der Waals surface area contributed by atoms with Crippen molar-refractivity contribution in [3.05, 3.63) is 71.8 Å². The summed E-state index contributed by atoms with van der Waals surface area (Å²) in [6, 6.07) is 15.4. The van der Waals surface area contributed by atoms with Gasteiger partial charge in [-0.1, -0.05) is 30.8 Å². The largest absolute Gasteiger partial charge is 0.491 e. The van der Waals surface area contributed by atoms with Gasteiger partial charge in [0.15, 0.2) is 0 Å². The predicted molar refractivity (Wildman–Crippen MR) is 95.8 cm³/mol. The smallest absolute Gasteiger partial charge is 0.338 e. The topological polar surface area (TPSA) is 44.8 Å². The van der Waals surface area contributed by atoms with E-state index in [4.69, 9.17) is 14.2 Å². The number of hydrogen-bond donors (Lipinski definition) is 0. The molecule has 4 nitrogen and oxygen atoms in total. The second-order valence-electron chi connectivity index (χ2n) is 6.09. The summed E-state index contributed by atoms with van der Waals surface area (Å²) in [6.07, 6.45) is 2.28. The van der Waals surface area contributed by atoms with E-state index in [1.807, 2.05) is 0 Å². The zero-order valence-electron chi connectivity index (χ0n) is 14.4. The van der Waals surface area contributed by atoms with Gasteiger partial charge < -0.3 is 14.2 Å². The molecule has 1 atom stereocenters. The molecule has 0 bridgehead atoms. The average Bonchev–Trinajstić information content (AvgIpc) is 3.03. The van der Waals surface area contributed by atoms with E-state index in [0.29, 0.717) is 30.3 Å². The van der Waals surface area contributed by atoms with Crippen LogP contribution in [0.5, 0.6) is 11.5 Å². The maximum Gasteiger partial charge on any atom is 0.338 e. The molecule has 0 heterocycles. The van der Waals surface area contributed by atoms with Gasteiger partial charge >= 0.3 is 5.97 Å². The SMILES string of the molecule is C=C(C)C(=O)Oc1ccc(OCCOC2CCc3ccccc32)cc1. The number of rotatable bonds is 7. The lowest BCUT2D eigenvalue weighted by molar-refractivity contribution is -0.130. The Bertz CT molecular complexity index is 749. The third kappa shape index (κ3) is 4.48. The lowest BCUT2D eigenvalue weighted by atomic mass is 10.1. The van der Waals surface area contributed by atoms with Gasteiger partial charge in [-0.05, 0) is 55.2 Å². The van der Waals surface area contributed by atoms with E-state index in [9.17, 15) is 4.79 Å². The third-order valence-corrected chi connectivity index (χ3v) is 4.13. The van der Waals surface area contributed by atoms with Crippen molar-refractivity contribution in [1.82, 2.24) is 0 Å². The number of carbonyl (C=O) groups excluding carboxylic acids is 1. The van der Waals surface area contributed by atoms with Crippen molar-refractivity contribution < 1.29 is 19.0 Å². The van der Waals surface area contributed by atoms with E-state index in [-0.39, 0.29) is 6.10 Å². The number of aryl methyl sites for hydroxylation is 1. The zero-order chi connectivity index (χ0) is 17.6. The highest BCUT2D eigenvalue weighted by molar-refractivity contribution is 5.88. The van der Waals surface area contributed by atoms with Gasteiger partial charge in [-0.15, -0.1) is 0 Å². The number of esters is 1. The Hall–Kier alpha value is -2.59. The summed E-state index contributed by atoms with van der Waals surface area (Å²) < 4.78 is 16.8. The summed E-state index contributed by atoms with van der Waals surface area (Å²) in [7, 11) is 0. The van der Waals surface area contributed by atoms with Crippen molar-refractivity contribution in [2.45, 2.75) is 25.9 Å². The van der Waals surface area contributed by atoms with Gasteiger partial charge in [-0.2, -0.15) is 0 Å². The summed E-state index contributed by atoms with van der Waals surface area (Å²) in [5.74, 6) is 0.753. The molecule has 0 spiro atoms. The highest BCUT2D eigenvalue weighted by Crippen LogP contribution is 2.33. The molecule has 1 unspecified atom stereocenters. The van der Waals surface area contributed by atoms with E-state index >= 15 is 0 Å². The first kappa shape index (κ1) is 17.2. The molecule has 130 valence electrons. The second-order valence-corrected chi connectivity index (χ2v) is 6.09. The summed E-state index contributed by atoms with van der Waals surface area (Å²) in [5, 5.41) is 0. The molecule has 25 heavy (non-hydrogen) atoms. The molecule has 4 heteroatoms. The molecule has 1 aliphatic carbocycles. The minimum atomic E-state index is -0.432. The Morgan fingerprint density at radius 2 is 1.80 bits per heavy atom. The van der Waals surface area contributed by atoms with Gasteiger partial charge in [-0.25, -0.2) is 4.79 Å². The number of carbonyl (C=O) groups is 1. The molecule has 0 saturated heterocycles. The van der Waals surface area contributed by atoms with E-state index in [1.165, 1.54) is 11.1 Å². The molecule has 0 N–H and O–H groups in total. The fourth-order valence-corrected chi connectivity index (χ4v) is 2.84. The van der Waals surface area contributed by atoms with Crippen LogP contribution in [0.2, 0.25) is 0 Å². The highest BCUT2D eigenvalue weighted by Gasteiger charge is 2.22. The van der Waals surface area contributed by atoms with Crippen LogP contribution in [0.15, 0.2) is 60.7 Å². The maximum absolute atomic E-state index is 11.5. The van der Waals surface area contributed by atoms with Crippen LogP contribution in [-0.4, -0.2) is 19.2 Å². The van der Waals surface area contributed by atoms with Crippen LogP contribution >= 0.6 is 0 Å². The van der Waals surface area contributed by atoms with Gasteiger partial charge in [0.05, 0.1) is 12.7 Å². The number of ether oxygens (including phenoxy) is 3. The monoisotopic (exact) mass is 338 g/mol. The van der Waals surface area contributed by atoms with Crippen LogP contribution in [0.4, 0.5) is 0 Å². The lowest BCUT2D eigenvalue weighted by Crippen LogP contribution is -2.10. The van der Waals surface area contributed by atoms with E-state index in [0.717, 1.165) is 12.8 Å². The summed E-state index contributed by atoms with van der Waals surface area (Å²) >= 11 is 0. The van der Waals surface area contributed by atoms with Crippen LogP contribution in [0.1, 0.15) is 30.6 Å². The molecule has 2 aromatic carbocycles. The van der Waals surface area contributed by atoms with Crippen LogP contribution in [-0.2, 0) is 16.0 Å². The molecule has 0 aromatic heterocycles.